The third-order valence-electron chi connectivity index (χ3n) is 6.84. The number of hydrogen-bond donors (Lipinski definition) is 1. The van der Waals surface area contributed by atoms with E-state index >= 15 is 0 Å². The molecule has 1 aliphatic heterocycles. The van der Waals surface area contributed by atoms with Gasteiger partial charge in [0.15, 0.2) is 16.6 Å². The van der Waals surface area contributed by atoms with Gasteiger partial charge in [0.05, 0.1) is 56.3 Å². The zero-order chi connectivity index (χ0) is 27.5. The molecule has 2 unspecified atom stereocenters. The molecule has 202 valence electrons. The molecule has 0 radical (unpaired) electrons. The highest BCUT2D eigenvalue weighted by molar-refractivity contribution is 7.22. The van der Waals surface area contributed by atoms with Crippen LogP contribution in [0.15, 0.2) is 60.7 Å². The number of anilines is 2. The molecule has 2 amide bonds. The Morgan fingerprint density at radius 1 is 0.949 bits per heavy atom. The number of carbonyl (C=O) groups excluding carboxylic acids is 2. The van der Waals surface area contributed by atoms with Crippen LogP contribution in [0.25, 0.3) is 10.2 Å². The van der Waals surface area contributed by atoms with Gasteiger partial charge in [-0.15, -0.1) is 0 Å². The van der Waals surface area contributed by atoms with Crippen molar-refractivity contribution >= 4 is 44.2 Å². The minimum atomic E-state index is -0.602. The first-order chi connectivity index (χ1) is 19.0. The molecular weight excluding hydrogens is 518 g/mol. The largest absolute Gasteiger partial charge is 0.497 e. The van der Waals surface area contributed by atoms with Gasteiger partial charge in [-0.3, -0.25) is 9.59 Å². The van der Waals surface area contributed by atoms with E-state index in [1.165, 1.54) is 32.7 Å². The second-order valence-corrected chi connectivity index (χ2v) is 10.0. The Labute approximate surface area is 230 Å². The van der Waals surface area contributed by atoms with Gasteiger partial charge in [-0.05, 0) is 36.2 Å². The van der Waals surface area contributed by atoms with Crippen LogP contribution in [0.1, 0.15) is 24.4 Å². The third-order valence-corrected chi connectivity index (χ3v) is 7.79. The van der Waals surface area contributed by atoms with E-state index in [2.05, 4.69) is 10.3 Å². The van der Waals surface area contributed by atoms with Crippen molar-refractivity contribution < 1.29 is 28.5 Å². The standard InChI is InChI=1S/C29H29N3O6S/c1-35-19-11-9-17(10-12-19)26-20(28(34)31-29-30-21-7-5-6-8-24(21)39-29)13-14-25(33)32(26)18-15-22(36-2)27(38-4)23(16-18)37-3/h5-12,15-16,20,26H,13-14H2,1-4H3,(H,30,31,34). The quantitative estimate of drug-likeness (QED) is 0.313. The molecule has 9 nitrogen and oxygen atoms in total. The van der Waals surface area contributed by atoms with Crippen molar-refractivity contribution in [3.63, 3.8) is 0 Å². The number of methoxy groups -OCH3 is 4. The molecule has 39 heavy (non-hydrogen) atoms. The second-order valence-electron chi connectivity index (χ2n) is 8.99. The lowest BCUT2D eigenvalue weighted by atomic mass is 9.83. The zero-order valence-electron chi connectivity index (χ0n) is 22.1. The summed E-state index contributed by atoms with van der Waals surface area (Å²) in [6, 6.07) is 18.0. The highest BCUT2D eigenvalue weighted by Gasteiger charge is 2.42. The van der Waals surface area contributed by atoms with Crippen molar-refractivity contribution in [3.8, 4) is 23.0 Å². The van der Waals surface area contributed by atoms with Crippen molar-refractivity contribution in [3.05, 3.63) is 66.2 Å². The van der Waals surface area contributed by atoms with E-state index in [9.17, 15) is 9.59 Å². The number of aromatic nitrogens is 1. The van der Waals surface area contributed by atoms with E-state index in [0.717, 1.165) is 15.8 Å². The van der Waals surface area contributed by atoms with Crippen LogP contribution >= 0.6 is 11.3 Å². The van der Waals surface area contributed by atoms with E-state index in [-0.39, 0.29) is 18.2 Å². The molecule has 2 heterocycles. The number of carbonyl (C=O) groups is 2. The summed E-state index contributed by atoms with van der Waals surface area (Å²) in [5.74, 6) is 1.04. The van der Waals surface area contributed by atoms with Crippen LogP contribution in [0.5, 0.6) is 23.0 Å². The van der Waals surface area contributed by atoms with Crippen LogP contribution in [-0.2, 0) is 9.59 Å². The molecular formula is C29H29N3O6S. The number of fused-ring (bicyclic) bond motifs is 1. The van der Waals surface area contributed by atoms with Gasteiger partial charge in [0.2, 0.25) is 17.6 Å². The lowest BCUT2D eigenvalue weighted by molar-refractivity contribution is -0.125. The lowest BCUT2D eigenvalue weighted by Gasteiger charge is -2.41. The summed E-state index contributed by atoms with van der Waals surface area (Å²) < 4.78 is 22.9. The molecule has 0 spiro atoms. The molecule has 1 fully saturated rings. The van der Waals surface area contributed by atoms with Gasteiger partial charge in [-0.1, -0.05) is 35.6 Å². The summed E-state index contributed by atoms with van der Waals surface area (Å²) in [7, 11) is 6.16. The van der Waals surface area contributed by atoms with Crippen molar-refractivity contribution in [2.45, 2.75) is 18.9 Å². The molecule has 2 atom stereocenters. The van der Waals surface area contributed by atoms with Gasteiger partial charge in [0, 0.05) is 18.6 Å². The number of nitrogens with zero attached hydrogens (tertiary/aromatic N) is 2. The van der Waals surface area contributed by atoms with Crippen molar-refractivity contribution in [2.75, 3.05) is 38.7 Å². The minimum absolute atomic E-state index is 0.117. The summed E-state index contributed by atoms with van der Waals surface area (Å²) in [6.07, 6.45) is 0.578. The normalized spacial score (nSPS) is 17.1. The Kier molecular flexibility index (Phi) is 7.56. The maximum Gasteiger partial charge on any atom is 0.231 e. The van der Waals surface area contributed by atoms with Gasteiger partial charge in [0.25, 0.3) is 0 Å². The van der Waals surface area contributed by atoms with E-state index < -0.39 is 12.0 Å². The Balaban J connectivity index is 1.58. The van der Waals surface area contributed by atoms with Crippen molar-refractivity contribution in [2.24, 2.45) is 5.92 Å². The number of amides is 2. The van der Waals surface area contributed by atoms with Crippen molar-refractivity contribution in [1.82, 2.24) is 4.98 Å². The van der Waals surface area contributed by atoms with Gasteiger partial charge < -0.3 is 29.2 Å². The minimum Gasteiger partial charge on any atom is -0.497 e. The molecule has 4 aromatic rings. The van der Waals surface area contributed by atoms with E-state index in [4.69, 9.17) is 18.9 Å². The molecule has 5 rings (SSSR count). The Bertz CT molecular complexity index is 1440. The maximum atomic E-state index is 13.8. The topological polar surface area (TPSA) is 99.2 Å². The predicted octanol–water partition coefficient (Wildman–Crippen LogP) is 5.45. The highest BCUT2D eigenvalue weighted by Crippen LogP contribution is 2.46. The van der Waals surface area contributed by atoms with Crippen LogP contribution < -0.4 is 29.2 Å². The van der Waals surface area contributed by atoms with Crippen LogP contribution in [0.4, 0.5) is 10.8 Å². The maximum absolute atomic E-state index is 13.8. The molecule has 3 aromatic carbocycles. The first kappa shape index (κ1) is 26.3. The number of para-hydroxylation sites is 1. The molecule has 0 bridgehead atoms. The van der Waals surface area contributed by atoms with Gasteiger partial charge >= 0.3 is 0 Å². The molecule has 10 heteroatoms. The van der Waals surface area contributed by atoms with Gasteiger partial charge in [-0.25, -0.2) is 4.98 Å². The Morgan fingerprint density at radius 2 is 1.64 bits per heavy atom. The SMILES string of the molecule is COc1ccc(C2C(C(=O)Nc3nc4ccccc4s3)CCC(=O)N2c2cc(OC)c(OC)c(OC)c2)cc1. The van der Waals surface area contributed by atoms with E-state index in [0.29, 0.717) is 40.2 Å². The fourth-order valence-corrected chi connectivity index (χ4v) is 5.85. The summed E-state index contributed by atoms with van der Waals surface area (Å²) in [6.45, 7) is 0. The van der Waals surface area contributed by atoms with Gasteiger partial charge in [0.1, 0.15) is 5.75 Å². The number of nitrogens with one attached hydrogen (secondary N) is 1. The van der Waals surface area contributed by atoms with Crippen LogP contribution in [0.2, 0.25) is 0 Å². The molecule has 1 N–H and O–H groups in total. The molecule has 1 aliphatic rings. The van der Waals surface area contributed by atoms with Crippen LogP contribution in [-0.4, -0.2) is 45.2 Å². The average Bonchev–Trinajstić information content (AvgIpc) is 3.38. The predicted molar refractivity (Wildman–Crippen MR) is 150 cm³/mol. The Morgan fingerprint density at radius 3 is 2.26 bits per heavy atom. The first-order valence-electron chi connectivity index (χ1n) is 12.4. The summed E-state index contributed by atoms with van der Waals surface area (Å²) >= 11 is 1.42. The summed E-state index contributed by atoms with van der Waals surface area (Å²) in [4.78, 5) is 33.6. The first-order valence-corrected chi connectivity index (χ1v) is 13.2. The lowest BCUT2D eigenvalue weighted by Crippen LogP contribution is -2.47. The molecule has 0 aliphatic carbocycles. The van der Waals surface area contributed by atoms with Crippen LogP contribution in [0, 0.1) is 5.92 Å². The van der Waals surface area contributed by atoms with Crippen molar-refractivity contribution in [1.29, 1.82) is 0 Å². The smallest absolute Gasteiger partial charge is 0.231 e. The monoisotopic (exact) mass is 547 g/mol. The molecule has 1 aromatic heterocycles. The van der Waals surface area contributed by atoms with Gasteiger partial charge in [-0.2, -0.15) is 0 Å². The number of thiazole rings is 1. The van der Waals surface area contributed by atoms with E-state index in [1.54, 1.807) is 24.1 Å². The average molecular weight is 548 g/mol. The zero-order valence-corrected chi connectivity index (χ0v) is 22.9. The Hall–Kier alpha value is -4.31. The summed E-state index contributed by atoms with van der Waals surface area (Å²) in [5, 5.41) is 3.53. The second kappa shape index (κ2) is 11.2. The third kappa shape index (κ3) is 5.07. The highest BCUT2D eigenvalue weighted by atomic mass is 32.1. The number of ether oxygens (including phenoxy) is 4. The summed E-state index contributed by atoms with van der Waals surface area (Å²) in [5.41, 5.74) is 2.15. The number of rotatable bonds is 8. The molecule has 0 saturated carbocycles. The fourth-order valence-electron chi connectivity index (χ4n) is 4.98. The number of hydrogen-bond acceptors (Lipinski definition) is 8. The molecule has 1 saturated heterocycles. The number of benzene rings is 3. The number of piperidine rings is 1. The van der Waals surface area contributed by atoms with E-state index in [1.807, 2.05) is 48.5 Å². The van der Waals surface area contributed by atoms with Crippen LogP contribution in [0.3, 0.4) is 0 Å². The fraction of sp³-hybridized carbons (Fsp3) is 0.276.